The van der Waals surface area contributed by atoms with Gasteiger partial charge in [-0.2, -0.15) is 0 Å². The van der Waals surface area contributed by atoms with Gasteiger partial charge in [-0.3, -0.25) is 9.59 Å². The minimum Gasteiger partial charge on any atom is -0.481 e. The highest BCUT2D eigenvalue weighted by molar-refractivity contribution is 7.18. The average Bonchev–Trinajstić information content (AvgIpc) is 3.02. The number of thiazole rings is 1. The molecule has 0 saturated carbocycles. The van der Waals surface area contributed by atoms with Crippen molar-refractivity contribution in [3.8, 4) is 0 Å². The van der Waals surface area contributed by atoms with E-state index in [2.05, 4.69) is 17.5 Å². The van der Waals surface area contributed by atoms with E-state index in [1.54, 1.807) is 11.3 Å². The third kappa shape index (κ3) is 3.82. The Balaban J connectivity index is 1.70. The molecule has 1 aliphatic carbocycles. The summed E-state index contributed by atoms with van der Waals surface area (Å²) in [5, 5.41) is 12.5. The number of para-hydroxylation sites is 1. The van der Waals surface area contributed by atoms with Crippen LogP contribution in [0, 0.1) is 5.92 Å². The van der Waals surface area contributed by atoms with Crippen LogP contribution in [0.5, 0.6) is 0 Å². The Kier molecular flexibility index (Phi) is 5.25. The molecule has 5 nitrogen and oxygen atoms in total. The summed E-state index contributed by atoms with van der Waals surface area (Å²) in [6, 6.07) is 8.02. The van der Waals surface area contributed by atoms with E-state index in [9.17, 15) is 9.59 Å². The van der Waals surface area contributed by atoms with Crippen LogP contribution in [-0.4, -0.2) is 28.5 Å². The molecule has 3 rings (SSSR count). The van der Waals surface area contributed by atoms with Gasteiger partial charge >= 0.3 is 5.97 Å². The number of hydrogen-bond acceptors (Lipinski definition) is 4. The smallest absolute Gasteiger partial charge is 0.303 e. The number of nitrogens with one attached hydrogen (secondary N) is 1. The van der Waals surface area contributed by atoms with Crippen LogP contribution in [-0.2, 0) is 9.59 Å². The molecule has 1 aliphatic rings. The number of carbonyl (C=O) groups excluding carboxylic acids is 1. The molecule has 0 radical (unpaired) electrons. The largest absolute Gasteiger partial charge is 0.481 e. The number of aliphatic carboxylic acids is 1. The summed E-state index contributed by atoms with van der Waals surface area (Å²) in [6.45, 7) is 0.401. The second-order valence-electron chi connectivity index (χ2n) is 5.96. The molecule has 24 heavy (non-hydrogen) atoms. The Morgan fingerprint density at radius 1 is 1.25 bits per heavy atom. The Labute approximate surface area is 144 Å². The van der Waals surface area contributed by atoms with Gasteiger partial charge in [-0.15, -0.1) is 11.3 Å². The van der Waals surface area contributed by atoms with Gasteiger partial charge in [0, 0.05) is 18.9 Å². The quantitative estimate of drug-likeness (QED) is 0.622. The molecule has 2 atom stereocenters. The van der Waals surface area contributed by atoms with E-state index in [1.807, 2.05) is 24.3 Å². The fourth-order valence-electron chi connectivity index (χ4n) is 3.01. The average molecular weight is 344 g/mol. The monoisotopic (exact) mass is 344 g/mol. The third-order valence-electron chi connectivity index (χ3n) is 4.26. The first-order valence-corrected chi connectivity index (χ1v) is 8.97. The van der Waals surface area contributed by atoms with E-state index in [-0.39, 0.29) is 24.2 Å². The second-order valence-corrected chi connectivity index (χ2v) is 7.03. The molecule has 6 heteroatoms. The van der Waals surface area contributed by atoms with E-state index in [1.165, 1.54) is 0 Å². The van der Waals surface area contributed by atoms with Crippen molar-refractivity contribution >= 4 is 33.4 Å². The molecule has 2 aromatic rings. The zero-order chi connectivity index (χ0) is 16.9. The van der Waals surface area contributed by atoms with Crippen LogP contribution in [0.1, 0.15) is 36.6 Å². The lowest BCUT2D eigenvalue weighted by Crippen LogP contribution is -2.35. The van der Waals surface area contributed by atoms with Gasteiger partial charge in [-0.1, -0.05) is 24.3 Å². The molecule has 126 valence electrons. The lowest BCUT2D eigenvalue weighted by atomic mass is 9.82. The first kappa shape index (κ1) is 16.6. The van der Waals surface area contributed by atoms with E-state index < -0.39 is 5.97 Å². The van der Waals surface area contributed by atoms with Crippen molar-refractivity contribution in [2.45, 2.75) is 31.6 Å². The molecule has 1 aromatic heterocycles. The standard InChI is InChI=1S/C18H20N2O3S/c21-16(22)10-5-11-19-17(23)12-6-1-2-7-13(12)18-20-14-8-3-4-9-15(14)24-18/h1-4,8-9,12-13H,5-7,10-11H2,(H,19,23)(H,21,22). The third-order valence-corrected chi connectivity index (χ3v) is 5.43. The number of rotatable bonds is 6. The van der Waals surface area contributed by atoms with Crippen molar-refractivity contribution in [1.29, 1.82) is 0 Å². The Morgan fingerprint density at radius 3 is 2.83 bits per heavy atom. The Hall–Kier alpha value is -2.21. The molecule has 0 fully saturated rings. The predicted molar refractivity (Wildman–Crippen MR) is 94.1 cm³/mol. The van der Waals surface area contributed by atoms with Gasteiger partial charge in [0.25, 0.3) is 0 Å². The van der Waals surface area contributed by atoms with E-state index >= 15 is 0 Å². The van der Waals surface area contributed by atoms with Gasteiger partial charge in [0.1, 0.15) is 0 Å². The highest BCUT2D eigenvalue weighted by atomic mass is 32.1. The summed E-state index contributed by atoms with van der Waals surface area (Å²) in [4.78, 5) is 27.8. The van der Waals surface area contributed by atoms with Crippen LogP contribution in [0.2, 0.25) is 0 Å². The number of aromatic nitrogens is 1. The highest BCUT2D eigenvalue weighted by Crippen LogP contribution is 2.38. The molecule has 0 bridgehead atoms. The zero-order valence-electron chi connectivity index (χ0n) is 13.3. The number of hydrogen-bond donors (Lipinski definition) is 2. The number of carboxylic acid groups (broad SMARTS) is 1. The maximum absolute atomic E-state index is 12.5. The van der Waals surface area contributed by atoms with Crippen LogP contribution in [0.15, 0.2) is 36.4 Å². The SMILES string of the molecule is O=C(O)CCCNC(=O)C1CC=CCC1c1nc2ccccc2s1. The maximum atomic E-state index is 12.5. The first-order valence-electron chi connectivity index (χ1n) is 8.15. The molecule has 0 aliphatic heterocycles. The maximum Gasteiger partial charge on any atom is 0.303 e. The highest BCUT2D eigenvalue weighted by Gasteiger charge is 2.32. The van der Waals surface area contributed by atoms with Gasteiger partial charge < -0.3 is 10.4 Å². The number of carbonyl (C=O) groups is 2. The summed E-state index contributed by atoms with van der Waals surface area (Å²) < 4.78 is 1.14. The summed E-state index contributed by atoms with van der Waals surface area (Å²) >= 11 is 1.65. The summed E-state index contributed by atoms with van der Waals surface area (Å²) in [5.74, 6) is -0.890. The molecule has 0 saturated heterocycles. The lowest BCUT2D eigenvalue weighted by Gasteiger charge is -2.26. The van der Waals surface area contributed by atoms with Gasteiger partial charge in [0.15, 0.2) is 0 Å². The van der Waals surface area contributed by atoms with Crippen molar-refractivity contribution in [3.05, 3.63) is 41.4 Å². The number of carboxylic acids is 1. The summed E-state index contributed by atoms with van der Waals surface area (Å²) in [5.41, 5.74) is 0.979. The number of nitrogens with zero attached hydrogens (tertiary/aromatic N) is 1. The predicted octanol–water partition coefficient (Wildman–Crippen LogP) is 3.33. The minimum atomic E-state index is -0.836. The molecule has 0 spiro atoms. The van der Waals surface area contributed by atoms with Gasteiger partial charge in [-0.05, 0) is 31.4 Å². The number of fused-ring (bicyclic) bond motifs is 1. The van der Waals surface area contributed by atoms with Crippen LogP contribution in [0.3, 0.4) is 0 Å². The van der Waals surface area contributed by atoms with Crippen molar-refractivity contribution in [2.75, 3.05) is 6.54 Å². The number of benzene rings is 1. The molecule has 2 N–H and O–H groups in total. The first-order chi connectivity index (χ1) is 11.6. The van der Waals surface area contributed by atoms with Gasteiger partial charge in [0.2, 0.25) is 5.91 Å². The fraction of sp³-hybridized carbons (Fsp3) is 0.389. The fourth-order valence-corrected chi connectivity index (χ4v) is 4.15. The van der Waals surface area contributed by atoms with Gasteiger partial charge in [-0.25, -0.2) is 4.98 Å². The van der Waals surface area contributed by atoms with Crippen molar-refractivity contribution in [1.82, 2.24) is 10.3 Å². The van der Waals surface area contributed by atoms with Crippen LogP contribution in [0.4, 0.5) is 0 Å². The molecular weight excluding hydrogens is 324 g/mol. The van der Waals surface area contributed by atoms with Crippen molar-refractivity contribution in [3.63, 3.8) is 0 Å². The number of amides is 1. The molecule has 1 heterocycles. The van der Waals surface area contributed by atoms with Crippen molar-refractivity contribution < 1.29 is 14.7 Å². The minimum absolute atomic E-state index is 0.00556. The molecule has 1 amide bonds. The zero-order valence-corrected chi connectivity index (χ0v) is 14.1. The topological polar surface area (TPSA) is 79.3 Å². The van der Waals surface area contributed by atoms with Gasteiger partial charge in [0.05, 0.1) is 21.1 Å². The van der Waals surface area contributed by atoms with E-state index in [0.717, 1.165) is 21.6 Å². The number of allylic oxidation sites excluding steroid dienone is 2. The normalized spacial score (nSPS) is 20.2. The molecular formula is C18H20N2O3S. The molecule has 2 unspecified atom stereocenters. The molecule has 1 aromatic carbocycles. The van der Waals surface area contributed by atoms with Crippen LogP contribution in [0.25, 0.3) is 10.2 Å². The lowest BCUT2D eigenvalue weighted by molar-refractivity contribution is -0.137. The second kappa shape index (κ2) is 7.57. The van der Waals surface area contributed by atoms with Crippen LogP contribution < -0.4 is 5.32 Å². The van der Waals surface area contributed by atoms with E-state index in [4.69, 9.17) is 10.1 Å². The Bertz CT molecular complexity index is 735. The van der Waals surface area contributed by atoms with Crippen molar-refractivity contribution in [2.24, 2.45) is 5.92 Å². The van der Waals surface area contributed by atoms with Crippen LogP contribution >= 0.6 is 11.3 Å². The van der Waals surface area contributed by atoms with E-state index in [0.29, 0.717) is 19.4 Å². The summed E-state index contributed by atoms with van der Waals surface area (Å²) in [7, 11) is 0. The Morgan fingerprint density at radius 2 is 2.04 bits per heavy atom. The summed E-state index contributed by atoms with van der Waals surface area (Å²) in [6.07, 6.45) is 6.20.